The summed E-state index contributed by atoms with van der Waals surface area (Å²) in [7, 11) is 0. The summed E-state index contributed by atoms with van der Waals surface area (Å²) < 4.78 is 0. The van der Waals surface area contributed by atoms with E-state index in [1.807, 2.05) is 60.9 Å². The lowest BCUT2D eigenvalue weighted by molar-refractivity contribution is -0.138. The predicted molar refractivity (Wildman–Crippen MR) is 122 cm³/mol. The number of nitrogens with zero attached hydrogens (tertiary/aromatic N) is 5. The number of piperidine rings is 1. The minimum absolute atomic E-state index is 0.0111. The zero-order valence-electron chi connectivity index (χ0n) is 17.3. The molecule has 0 radical (unpaired) electrons. The van der Waals surface area contributed by atoms with Crippen molar-refractivity contribution in [3.05, 3.63) is 78.6 Å². The van der Waals surface area contributed by atoms with Gasteiger partial charge in [0, 0.05) is 37.2 Å². The molecular formula is C25H25N5O. The molecule has 0 spiro atoms. The first-order valence-corrected chi connectivity index (χ1v) is 10.8. The van der Waals surface area contributed by atoms with Gasteiger partial charge in [0.2, 0.25) is 5.91 Å². The predicted octanol–water partition coefficient (Wildman–Crippen LogP) is 4.32. The average molecular weight is 412 g/mol. The van der Waals surface area contributed by atoms with E-state index >= 15 is 0 Å². The van der Waals surface area contributed by atoms with Crippen LogP contribution in [0.5, 0.6) is 0 Å². The van der Waals surface area contributed by atoms with Crippen LogP contribution in [0, 0.1) is 5.92 Å². The molecular weight excluding hydrogens is 386 g/mol. The van der Waals surface area contributed by atoms with Crippen molar-refractivity contribution in [2.45, 2.75) is 25.3 Å². The fraction of sp³-hybridized carbons (Fsp3) is 0.280. The fourth-order valence-electron chi connectivity index (χ4n) is 4.38. The highest BCUT2D eigenvalue weighted by Gasteiger charge is 2.34. The van der Waals surface area contributed by atoms with Crippen LogP contribution in [0.2, 0.25) is 0 Å². The van der Waals surface area contributed by atoms with Gasteiger partial charge < -0.3 is 4.90 Å². The van der Waals surface area contributed by atoms with E-state index in [2.05, 4.69) is 27.1 Å². The molecule has 1 atom stereocenters. The van der Waals surface area contributed by atoms with E-state index in [1.54, 1.807) is 11.2 Å². The third kappa shape index (κ3) is 4.06. The van der Waals surface area contributed by atoms with Crippen molar-refractivity contribution in [3.63, 3.8) is 0 Å². The van der Waals surface area contributed by atoms with Crippen LogP contribution in [0.4, 0.5) is 5.82 Å². The number of anilines is 1. The van der Waals surface area contributed by atoms with Crippen molar-refractivity contribution in [2.24, 2.45) is 11.0 Å². The number of hydrogen-bond acceptors (Lipinski definition) is 5. The van der Waals surface area contributed by atoms with Crippen molar-refractivity contribution in [1.82, 2.24) is 15.0 Å². The maximum Gasteiger partial charge on any atom is 0.246 e. The van der Waals surface area contributed by atoms with Gasteiger partial charge in [-0.2, -0.15) is 5.10 Å². The number of benzene rings is 2. The van der Waals surface area contributed by atoms with Gasteiger partial charge in [0.1, 0.15) is 5.82 Å². The summed E-state index contributed by atoms with van der Waals surface area (Å²) in [6.45, 7) is 1.58. The smallest absolute Gasteiger partial charge is 0.246 e. The van der Waals surface area contributed by atoms with E-state index < -0.39 is 0 Å². The van der Waals surface area contributed by atoms with Gasteiger partial charge in [0.05, 0.1) is 24.1 Å². The Labute approximate surface area is 182 Å². The van der Waals surface area contributed by atoms with Gasteiger partial charge in [-0.25, -0.2) is 9.99 Å². The van der Waals surface area contributed by atoms with Gasteiger partial charge >= 0.3 is 0 Å². The largest absolute Gasteiger partial charge is 0.355 e. The lowest BCUT2D eigenvalue weighted by atomic mass is 9.94. The molecule has 1 aromatic heterocycles. The number of carbonyl (C=O) groups excluding carboxylic acids is 1. The Kier molecular flexibility index (Phi) is 5.44. The summed E-state index contributed by atoms with van der Waals surface area (Å²) in [5, 5.41) is 6.11. The van der Waals surface area contributed by atoms with Gasteiger partial charge in [0.15, 0.2) is 0 Å². The first kappa shape index (κ1) is 19.4. The molecule has 6 nitrogen and oxygen atoms in total. The Morgan fingerprint density at radius 3 is 2.35 bits per heavy atom. The highest BCUT2D eigenvalue weighted by Crippen LogP contribution is 2.32. The molecule has 1 unspecified atom stereocenters. The van der Waals surface area contributed by atoms with E-state index in [4.69, 9.17) is 4.98 Å². The molecule has 2 aromatic carbocycles. The summed E-state index contributed by atoms with van der Waals surface area (Å²) >= 11 is 0. The molecule has 0 aliphatic carbocycles. The normalized spacial score (nSPS) is 19.0. The molecule has 2 aliphatic heterocycles. The van der Waals surface area contributed by atoms with Gasteiger partial charge in [-0.1, -0.05) is 60.7 Å². The molecule has 6 heteroatoms. The summed E-state index contributed by atoms with van der Waals surface area (Å²) in [6, 6.07) is 20.3. The second-order valence-electron chi connectivity index (χ2n) is 8.03. The SMILES string of the molecule is O=C(C1CCN(c2cncc(-c3ccccc3)n2)CC1)N1N=CCC1c1ccccc1. The molecule has 2 aliphatic rings. The lowest BCUT2D eigenvalue weighted by Gasteiger charge is -2.34. The van der Waals surface area contributed by atoms with Crippen LogP contribution in [-0.2, 0) is 4.79 Å². The molecule has 0 saturated carbocycles. The quantitative estimate of drug-likeness (QED) is 0.641. The fourth-order valence-corrected chi connectivity index (χ4v) is 4.38. The van der Waals surface area contributed by atoms with Crippen LogP contribution in [0.15, 0.2) is 78.2 Å². The Balaban J connectivity index is 1.25. The zero-order valence-corrected chi connectivity index (χ0v) is 17.3. The first-order chi connectivity index (χ1) is 15.3. The second-order valence-corrected chi connectivity index (χ2v) is 8.03. The van der Waals surface area contributed by atoms with E-state index in [0.29, 0.717) is 0 Å². The molecule has 31 heavy (non-hydrogen) atoms. The Bertz CT molecular complexity index is 1060. The highest BCUT2D eigenvalue weighted by molar-refractivity contribution is 5.82. The Hall–Kier alpha value is -3.54. The molecule has 0 N–H and O–H groups in total. The van der Waals surface area contributed by atoms with Gasteiger partial charge in [-0.15, -0.1) is 0 Å². The molecule has 156 valence electrons. The zero-order chi connectivity index (χ0) is 21.0. The van der Waals surface area contributed by atoms with Crippen LogP contribution in [0.1, 0.15) is 30.9 Å². The summed E-state index contributed by atoms with van der Waals surface area (Å²) in [5.41, 5.74) is 3.06. The third-order valence-corrected chi connectivity index (χ3v) is 6.10. The first-order valence-electron chi connectivity index (χ1n) is 10.8. The number of hydrazone groups is 1. The monoisotopic (exact) mass is 411 g/mol. The molecule has 1 fully saturated rings. The van der Waals surface area contributed by atoms with Gasteiger partial charge in [-0.3, -0.25) is 9.78 Å². The van der Waals surface area contributed by atoms with E-state index in [-0.39, 0.29) is 17.9 Å². The average Bonchev–Trinajstić information content (AvgIpc) is 3.35. The van der Waals surface area contributed by atoms with Gasteiger partial charge in [-0.05, 0) is 18.4 Å². The van der Waals surface area contributed by atoms with Crippen LogP contribution < -0.4 is 4.90 Å². The van der Waals surface area contributed by atoms with Crippen molar-refractivity contribution < 1.29 is 4.79 Å². The van der Waals surface area contributed by atoms with Gasteiger partial charge in [0.25, 0.3) is 0 Å². The summed E-state index contributed by atoms with van der Waals surface area (Å²) in [5.74, 6) is 0.989. The number of carbonyl (C=O) groups is 1. The highest BCUT2D eigenvalue weighted by atomic mass is 16.2. The molecule has 3 aromatic rings. The van der Waals surface area contributed by atoms with Crippen molar-refractivity contribution >= 4 is 17.9 Å². The number of amides is 1. The molecule has 1 saturated heterocycles. The van der Waals surface area contributed by atoms with Crippen LogP contribution in [-0.4, -0.2) is 40.2 Å². The van der Waals surface area contributed by atoms with Crippen LogP contribution in [0.3, 0.4) is 0 Å². The van der Waals surface area contributed by atoms with Crippen molar-refractivity contribution in [3.8, 4) is 11.3 Å². The van der Waals surface area contributed by atoms with Crippen molar-refractivity contribution in [1.29, 1.82) is 0 Å². The summed E-state index contributed by atoms with van der Waals surface area (Å²) in [4.78, 5) is 24.7. The lowest BCUT2D eigenvalue weighted by Crippen LogP contribution is -2.41. The maximum atomic E-state index is 13.2. The van der Waals surface area contributed by atoms with E-state index in [9.17, 15) is 4.79 Å². The number of aromatic nitrogens is 2. The molecule has 3 heterocycles. The number of rotatable bonds is 4. The molecule has 1 amide bonds. The Morgan fingerprint density at radius 2 is 1.61 bits per heavy atom. The van der Waals surface area contributed by atoms with Crippen LogP contribution in [0.25, 0.3) is 11.3 Å². The third-order valence-electron chi connectivity index (χ3n) is 6.10. The topological polar surface area (TPSA) is 61.7 Å². The maximum absolute atomic E-state index is 13.2. The van der Waals surface area contributed by atoms with E-state index in [1.165, 1.54) is 0 Å². The summed E-state index contributed by atoms with van der Waals surface area (Å²) in [6.07, 6.45) is 7.83. The second kappa shape index (κ2) is 8.68. The molecule has 0 bridgehead atoms. The number of hydrogen-bond donors (Lipinski definition) is 0. The minimum Gasteiger partial charge on any atom is -0.355 e. The Morgan fingerprint density at radius 1 is 0.903 bits per heavy atom. The minimum atomic E-state index is -0.0111. The van der Waals surface area contributed by atoms with Crippen molar-refractivity contribution in [2.75, 3.05) is 18.0 Å². The standard InChI is InChI=1S/C25H25N5O/c31-25(30-23(11-14-27-30)20-9-5-2-6-10-20)21-12-15-29(16-13-21)24-18-26-17-22(28-24)19-7-3-1-4-8-19/h1-10,14,17-18,21,23H,11-13,15-16H2. The van der Waals surface area contributed by atoms with E-state index in [0.717, 1.165) is 55.0 Å². The van der Waals surface area contributed by atoms with Crippen LogP contribution >= 0.6 is 0 Å². The molecule has 5 rings (SSSR count).